The Balaban J connectivity index is 1.58. The Morgan fingerprint density at radius 3 is 2.68 bits per heavy atom. The van der Waals surface area contributed by atoms with Crippen LogP contribution in [0.15, 0.2) is 43.1 Å². The molecule has 220 valence electrons. The van der Waals surface area contributed by atoms with E-state index in [2.05, 4.69) is 55.3 Å². The van der Waals surface area contributed by atoms with Crippen molar-refractivity contribution in [2.24, 2.45) is 0 Å². The Hall–Kier alpha value is -4.15. The van der Waals surface area contributed by atoms with E-state index < -0.39 is 5.60 Å². The van der Waals surface area contributed by atoms with Gasteiger partial charge in [0.15, 0.2) is 5.65 Å². The first-order valence-electron chi connectivity index (χ1n) is 14.0. The Labute approximate surface area is 241 Å². The first-order valence-corrected chi connectivity index (χ1v) is 14.0. The number of anilines is 3. The van der Waals surface area contributed by atoms with Gasteiger partial charge in [0.25, 0.3) is 0 Å². The molecule has 0 spiro atoms. The lowest BCUT2D eigenvalue weighted by molar-refractivity contribution is -0.111. The molecule has 0 bridgehead atoms. The van der Waals surface area contributed by atoms with Crippen molar-refractivity contribution >= 4 is 35.2 Å². The second kappa shape index (κ2) is 11.8. The SMILES string of the molecule is C=CC(=O)Nc1cccc(CNc2nc(N[C@H]3CCC(C)(C)N(C(=O)OC(C)(C)C)C3)nc3c(C(C)C)cnn23)c1. The average Bonchev–Trinajstić information content (AvgIpc) is 3.32. The molecule has 4 rings (SSSR count). The van der Waals surface area contributed by atoms with E-state index in [0.717, 1.165) is 24.0 Å². The van der Waals surface area contributed by atoms with Crippen molar-refractivity contribution in [2.75, 3.05) is 22.5 Å². The van der Waals surface area contributed by atoms with Gasteiger partial charge in [0.05, 0.1) is 6.20 Å². The molecule has 11 nitrogen and oxygen atoms in total. The summed E-state index contributed by atoms with van der Waals surface area (Å²) >= 11 is 0. The van der Waals surface area contributed by atoms with Crippen LogP contribution in [0.5, 0.6) is 0 Å². The van der Waals surface area contributed by atoms with E-state index in [4.69, 9.17) is 14.7 Å². The van der Waals surface area contributed by atoms with Crippen LogP contribution in [0.4, 0.5) is 22.4 Å². The average molecular weight is 563 g/mol. The topological polar surface area (TPSA) is 126 Å². The largest absolute Gasteiger partial charge is 0.444 e. The molecule has 0 aliphatic carbocycles. The van der Waals surface area contributed by atoms with Gasteiger partial charge >= 0.3 is 6.09 Å². The van der Waals surface area contributed by atoms with E-state index >= 15 is 0 Å². The van der Waals surface area contributed by atoms with Crippen LogP contribution < -0.4 is 16.0 Å². The van der Waals surface area contributed by atoms with Crippen LogP contribution >= 0.6 is 0 Å². The Bertz CT molecular complexity index is 1420. The van der Waals surface area contributed by atoms with Gasteiger partial charge < -0.3 is 25.6 Å². The first kappa shape index (κ1) is 29.8. The molecule has 3 heterocycles. The van der Waals surface area contributed by atoms with Crippen molar-refractivity contribution < 1.29 is 14.3 Å². The van der Waals surface area contributed by atoms with Gasteiger partial charge in [-0.25, -0.2) is 4.79 Å². The number of likely N-dealkylation sites (tertiary alicyclic amines) is 1. The van der Waals surface area contributed by atoms with Crippen LogP contribution in [0.3, 0.4) is 0 Å². The molecule has 2 aromatic heterocycles. The van der Waals surface area contributed by atoms with Gasteiger partial charge in [0, 0.05) is 35.9 Å². The van der Waals surface area contributed by atoms with Crippen molar-refractivity contribution in [3.63, 3.8) is 0 Å². The molecule has 1 saturated heterocycles. The molecule has 3 aromatic rings. The smallest absolute Gasteiger partial charge is 0.410 e. The monoisotopic (exact) mass is 562 g/mol. The minimum Gasteiger partial charge on any atom is -0.444 e. The minimum absolute atomic E-state index is 0.0542. The van der Waals surface area contributed by atoms with Gasteiger partial charge in [-0.1, -0.05) is 32.6 Å². The Kier molecular flexibility index (Phi) is 8.55. The normalized spacial score (nSPS) is 16.9. The zero-order valence-corrected chi connectivity index (χ0v) is 25.1. The van der Waals surface area contributed by atoms with Crippen LogP contribution in [-0.2, 0) is 16.1 Å². The van der Waals surface area contributed by atoms with Gasteiger partial charge in [-0.05, 0) is 77.2 Å². The van der Waals surface area contributed by atoms with E-state index in [1.807, 2.05) is 51.2 Å². The third kappa shape index (κ3) is 7.33. The molecular formula is C30H42N8O3. The van der Waals surface area contributed by atoms with E-state index in [1.165, 1.54) is 6.08 Å². The van der Waals surface area contributed by atoms with Crippen molar-refractivity contribution in [1.82, 2.24) is 24.5 Å². The molecule has 0 radical (unpaired) electrons. The molecule has 3 N–H and O–H groups in total. The zero-order valence-electron chi connectivity index (χ0n) is 25.1. The highest BCUT2D eigenvalue weighted by molar-refractivity contribution is 5.98. The number of nitrogens with zero attached hydrogens (tertiary/aromatic N) is 5. The standard InChI is InChI=1S/C30H42N8O3/c1-9-24(39)33-21-12-10-11-20(15-21)16-31-27-36-26(35-25-23(19(2)3)17-32-38(25)27)34-22-13-14-30(7,8)37(18-22)28(40)41-29(4,5)6/h9-12,15,17,19,22H,1,13-14,16,18H2,2-8H3,(H,33,39)(H2,31,34,35,36)/t22-/m0/s1. The molecule has 1 atom stereocenters. The summed E-state index contributed by atoms with van der Waals surface area (Å²) in [6, 6.07) is 7.50. The molecule has 1 fully saturated rings. The van der Waals surface area contributed by atoms with Crippen molar-refractivity contribution in [1.29, 1.82) is 0 Å². The second-order valence-electron chi connectivity index (χ2n) is 12.4. The van der Waals surface area contributed by atoms with Gasteiger partial charge in [0.1, 0.15) is 5.60 Å². The van der Waals surface area contributed by atoms with Gasteiger partial charge in [0.2, 0.25) is 17.8 Å². The van der Waals surface area contributed by atoms with Crippen LogP contribution in [-0.4, -0.2) is 60.2 Å². The summed E-state index contributed by atoms with van der Waals surface area (Å²) in [5.74, 6) is 0.942. The molecule has 11 heteroatoms. The highest BCUT2D eigenvalue weighted by atomic mass is 16.6. The van der Waals surface area contributed by atoms with Crippen molar-refractivity contribution in [2.45, 2.75) is 91.0 Å². The van der Waals surface area contributed by atoms with Gasteiger partial charge in [-0.2, -0.15) is 19.6 Å². The number of ether oxygens (including phenoxy) is 1. The number of carbonyl (C=O) groups excluding carboxylic acids is 2. The van der Waals surface area contributed by atoms with E-state index in [1.54, 1.807) is 9.42 Å². The summed E-state index contributed by atoms with van der Waals surface area (Å²) in [5, 5.41) is 14.2. The van der Waals surface area contributed by atoms with Crippen LogP contribution in [0, 0.1) is 0 Å². The molecule has 1 aliphatic heterocycles. The zero-order chi connectivity index (χ0) is 29.9. The van der Waals surface area contributed by atoms with Crippen molar-refractivity contribution in [3.8, 4) is 0 Å². The number of hydrogen-bond acceptors (Lipinski definition) is 8. The maximum absolute atomic E-state index is 13.1. The number of carbonyl (C=O) groups is 2. The number of aromatic nitrogens is 4. The molecule has 1 aromatic carbocycles. The lowest BCUT2D eigenvalue weighted by Gasteiger charge is -2.45. The molecule has 2 amide bonds. The van der Waals surface area contributed by atoms with Gasteiger partial charge in [-0.15, -0.1) is 0 Å². The number of nitrogens with one attached hydrogen (secondary N) is 3. The third-order valence-electron chi connectivity index (χ3n) is 7.03. The lowest BCUT2D eigenvalue weighted by Crippen LogP contribution is -2.57. The fourth-order valence-electron chi connectivity index (χ4n) is 4.77. The maximum atomic E-state index is 13.1. The highest BCUT2D eigenvalue weighted by Crippen LogP contribution is 2.31. The number of benzene rings is 1. The fraction of sp³-hybridized carbons (Fsp3) is 0.500. The summed E-state index contributed by atoms with van der Waals surface area (Å²) in [7, 11) is 0. The molecule has 0 unspecified atom stereocenters. The predicted octanol–water partition coefficient (Wildman–Crippen LogP) is 5.57. The molecular weight excluding hydrogens is 520 g/mol. The van der Waals surface area contributed by atoms with E-state index in [9.17, 15) is 9.59 Å². The number of hydrogen-bond donors (Lipinski definition) is 3. The number of fused-ring (bicyclic) bond motifs is 1. The van der Waals surface area contributed by atoms with Gasteiger partial charge in [-0.3, -0.25) is 4.79 Å². The Morgan fingerprint density at radius 2 is 2.00 bits per heavy atom. The van der Waals surface area contributed by atoms with E-state index in [-0.39, 0.29) is 29.5 Å². The van der Waals surface area contributed by atoms with E-state index in [0.29, 0.717) is 36.3 Å². The second-order valence-corrected chi connectivity index (χ2v) is 12.4. The van der Waals surface area contributed by atoms with Crippen LogP contribution in [0.25, 0.3) is 5.65 Å². The molecule has 0 saturated carbocycles. The predicted molar refractivity (Wildman–Crippen MR) is 161 cm³/mol. The van der Waals surface area contributed by atoms with Crippen LogP contribution in [0.1, 0.15) is 78.4 Å². The quantitative estimate of drug-likeness (QED) is 0.304. The maximum Gasteiger partial charge on any atom is 0.410 e. The third-order valence-corrected chi connectivity index (χ3v) is 7.03. The molecule has 1 aliphatic rings. The first-order chi connectivity index (χ1) is 19.3. The fourth-order valence-corrected chi connectivity index (χ4v) is 4.77. The molecule has 41 heavy (non-hydrogen) atoms. The summed E-state index contributed by atoms with van der Waals surface area (Å²) in [4.78, 5) is 36.2. The van der Waals surface area contributed by atoms with Crippen LogP contribution in [0.2, 0.25) is 0 Å². The number of piperidine rings is 1. The summed E-state index contributed by atoms with van der Waals surface area (Å²) < 4.78 is 7.42. The highest BCUT2D eigenvalue weighted by Gasteiger charge is 2.39. The number of rotatable bonds is 8. The number of amides is 2. The van der Waals surface area contributed by atoms with Crippen molar-refractivity contribution in [3.05, 3.63) is 54.2 Å². The summed E-state index contributed by atoms with van der Waals surface area (Å²) in [5.41, 5.74) is 2.45. The summed E-state index contributed by atoms with van der Waals surface area (Å²) in [6.07, 6.45) is 4.39. The Morgan fingerprint density at radius 1 is 1.24 bits per heavy atom. The lowest BCUT2D eigenvalue weighted by atomic mass is 9.88. The summed E-state index contributed by atoms with van der Waals surface area (Å²) in [6.45, 7) is 18.4. The minimum atomic E-state index is -0.575.